The molecule has 0 spiro atoms. The highest BCUT2D eigenvalue weighted by atomic mass is 16.2. The van der Waals surface area contributed by atoms with E-state index in [9.17, 15) is 9.59 Å². The van der Waals surface area contributed by atoms with Crippen LogP contribution in [0, 0.1) is 11.3 Å². The van der Waals surface area contributed by atoms with Gasteiger partial charge in [-0.2, -0.15) is 0 Å². The maximum Gasteiger partial charge on any atom is 0.321 e. The van der Waals surface area contributed by atoms with Crippen molar-refractivity contribution in [3.8, 4) is 0 Å². The number of rotatable bonds is 3. The molecule has 0 radical (unpaired) electrons. The molecule has 116 valence electrons. The van der Waals surface area contributed by atoms with Crippen LogP contribution >= 0.6 is 0 Å². The summed E-state index contributed by atoms with van der Waals surface area (Å²) in [7, 11) is 0. The van der Waals surface area contributed by atoms with Crippen molar-refractivity contribution in [3.05, 3.63) is 0 Å². The van der Waals surface area contributed by atoms with Gasteiger partial charge in [0.2, 0.25) is 5.91 Å². The van der Waals surface area contributed by atoms with Crippen LogP contribution in [0.25, 0.3) is 0 Å². The maximum absolute atomic E-state index is 11.8. The van der Waals surface area contributed by atoms with Gasteiger partial charge in [0.15, 0.2) is 0 Å². The molecular formula is C15H29N3O2. The summed E-state index contributed by atoms with van der Waals surface area (Å²) in [6.07, 6.45) is 3.46. The number of nitrogens with one attached hydrogen (secondary N) is 2. The molecule has 0 aromatic carbocycles. The van der Waals surface area contributed by atoms with Crippen molar-refractivity contribution in [1.29, 1.82) is 0 Å². The second-order valence-electron chi connectivity index (χ2n) is 6.68. The summed E-state index contributed by atoms with van der Waals surface area (Å²) in [6, 6.07) is -0.403. The van der Waals surface area contributed by atoms with E-state index < -0.39 is 6.03 Å². The molecule has 0 aromatic heterocycles. The van der Waals surface area contributed by atoms with Gasteiger partial charge in [-0.3, -0.25) is 15.0 Å². The summed E-state index contributed by atoms with van der Waals surface area (Å²) in [6.45, 7) is 11.4. The van der Waals surface area contributed by atoms with Gasteiger partial charge in [-0.1, -0.05) is 20.8 Å². The molecule has 0 aromatic rings. The number of urea groups is 1. The Morgan fingerprint density at radius 1 is 1.20 bits per heavy atom. The number of likely N-dealkylation sites (tertiary alicyclic amines) is 1. The van der Waals surface area contributed by atoms with E-state index in [1.54, 1.807) is 0 Å². The van der Waals surface area contributed by atoms with Crippen molar-refractivity contribution in [3.63, 3.8) is 0 Å². The smallest absolute Gasteiger partial charge is 0.321 e. The number of nitrogens with zero attached hydrogens (tertiary/aromatic N) is 1. The summed E-state index contributed by atoms with van der Waals surface area (Å²) in [5.41, 5.74) is 0.333. The number of hydrogen-bond donors (Lipinski definition) is 2. The van der Waals surface area contributed by atoms with Crippen LogP contribution < -0.4 is 10.6 Å². The van der Waals surface area contributed by atoms with E-state index in [0.717, 1.165) is 25.9 Å². The molecule has 1 atom stereocenters. The SMILES string of the molecule is CCNC(=O)NC(=O)CN1CCC[C@H](C(C)(C)C)CC1. The van der Waals surface area contributed by atoms with Crippen molar-refractivity contribution in [2.24, 2.45) is 11.3 Å². The largest absolute Gasteiger partial charge is 0.338 e. The normalized spacial score (nSPS) is 21.1. The molecule has 1 aliphatic heterocycles. The van der Waals surface area contributed by atoms with Gasteiger partial charge in [-0.05, 0) is 50.6 Å². The molecule has 3 amide bonds. The summed E-state index contributed by atoms with van der Waals surface area (Å²) in [4.78, 5) is 25.2. The van der Waals surface area contributed by atoms with Crippen LogP contribution in [0.1, 0.15) is 47.0 Å². The molecular weight excluding hydrogens is 254 g/mol. The molecule has 20 heavy (non-hydrogen) atoms. The van der Waals surface area contributed by atoms with E-state index in [1.165, 1.54) is 6.42 Å². The molecule has 1 fully saturated rings. The fourth-order valence-corrected chi connectivity index (χ4v) is 2.75. The lowest BCUT2D eigenvalue weighted by Crippen LogP contribution is -2.44. The lowest BCUT2D eigenvalue weighted by atomic mass is 9.77. The van der Waals surface area contributed by atoms with Crippen LogP contribution in [-0.2, 0) is 4.79 Å². The quantitative estimate of drug-likeness (QED) is 0.832. The number of hydrogen-bond acceptors (Lipinski definition) is 3. The standard InChI is InChI=1S/C15H29N3O2/c1-5-16-14(20)17-13(19)11-18-9-6-7-12(8-10-18)15(2,3)4/h12H,5-11H2,1-4H3,(H2,16,17,19,20)/t12-/m0/s1. The Morgan fingerprint density at radius 2 is 1.90 bits per heavy atom. The minimum absolute atomic E-state index is 0.217. The van der Waals surface area contributed by atoms with E-state index in [-0.39, 0.29) is 5.91 Å². The summed E-state index contributed by atoms with van der Waals surface area (Å²) in [5, 5.41) is 4.92. The van der Waals surface area contributed by atoms with Gasteiger partial charge in [-0.15, -0.1) is 0 Å². The Bertz CT molecular complexity index is 337. The van der Waals surface area contributed by atoms with Gasteiger partial charge in [-0.25, -0.2) is 4.79 Å². The summed E-state index contributed by atoms with van der Waals surface area (Å²) >= 11 is 0. The van der Waals surface area contributed by atoms with Gasteiger partial charge in [0.1, 0.15) is 0 Å². The van der Waals surface area contributed by atoms with Crippen molar-refractivity contribution in [1.82, 2.24) is 15.5 Å². The highest BCUT2D eigenvalue weighted by Crippen LogP contribution is 2.34. The van der Waals surface area contributed by atoms with E-state index >= 15 is 0 Å². The van der Waals surface area contributed by atoms with Crippen molar-refractivity contribution >= 4 is 11.9 Å². The molecule has 5 nitrogen and oxygen atoms in total. The first-order valence-corrected chi connectivity index (χ1v) is 7.63. The van der Waals surface area contributed by atoms with Crippen LogP contribution in [0.15, 0.2) is 0 Å². The Labute approximate surface area is 122 Å². The molecule has 0 bridgehead atoms. The molecule has 2 N–H and O–H groups in total. The highest BCUT2D eigenvalue weighted by Gasteiger charge is 2.27. The average Bonchev–Trinajstić information content (AvgIpc) is 2.53. The van der Waals surface area contributed by atoms with Crippen LogP contribution in [0.5, 0.6) is 0 Å². The van der Waals surface area contributed by atoms with Gasteiger partial charge in [0, 0.05) is 6.54 Å². The van der Waals surface area contributed by atoms with Gasteiger partial charge < -0.3 is 5.32 Å². The minimum Gasteiger partial charge on any atom is -0.338 e. The predicted molar refractivity (Wildman–Crippen MR) is 80.5 cm³/mol. The number of imide groups is 1. The third kappa shape index (κ3) is 5.90. The van der Waals surface area contributed by atoms with E-state index in [0.29, 0.717) is 24.4 Å². The van der Waals surface area contributed by atoms with Crippen molar-refractivity contribution in [2.45, 2.75) is 47.0 Å². The first-order valence-electron chi connectivity index (χ1n) is 7.63. The van der Waals surface area contributed by atoms with Gasteiger partial charge >= 0.3 is 6.03 Å². The zero-order valence-electron chi connectivity index (χ0n) is 13.3. The lowest BCUT2D eigenvalue weighted by Gasteiger charge is -2.29. The third-order valence-corrected chi connectivity index (χ3v) is 4.00. The summed E-state index contributed by atoms with van der Waals surface area (Å²) < 4.78 is 0. The Hall–Kier alpha value is -1.10. The van der Waals surface area contributed by atoms with E-state index in [4.69, 9.17) is 0 Å². The molecule has 5 heteroatoms. The van der Waals surface area contributed by atoms with Crippen LogP contribution in [0.3, 0.4) is 0 Å². The van der Waals surface area contributed by atoms with E-state index in [1.807, 2.05) is 6.92 Å². The monoisotopic (exact) mass is 283 g/mol. The zero-order chi connectivity index (χ0) is 15.2. The van der Waals surface area contributed by atoms with Crippen LogP contribution in [0.4, 0.5) is 4.79 Å². The Kier molecular flexibility index (Phi) is 6.46. The van der Waals surface area contributed by atoms with E-state index in [2.05, 4.69) is 36.3 Å². The highest BCUT2D eigenvalue weighted by molar-refractivity contribution is 5.95. The average molecular weight is 283 g/mol. The molecule has 0 unspecified atom stereocenters. The molecule has 1 rings (SSSR count). The van der Waals surface area contributed by atoms with Crippen LogP contribution in [0.2, 0.25) is 0 Å². The lowest BCUT2D eigenvalue weighted by molar-refractivity contribution is -0.121. The number of carbonyl (C=O) groups is 2. The third-order valence-electron chi connectivity index (χ3n) is 4.00. The fourth-order valence-electron chi connectivity index (χ4n) is 2.75. The first kappa shape index (κ1) is 17.0. The Balaban J connectivity index is 2.38. The van der Waals surface area contributed by atoms with Crippen molar-refractivity contribution in [2.75, 3.05) is 26.2 Å². The zero-order valence-corrected chi connectivity index (χ0v) is 13.3. The van der Waals surface area contributed by atoms with Gasteiger partial charge in [0.05, 0.1) is 6.54 Å². The first-order chi connectivity index (χ1) is 9.32. The van der Waals surface area contributed by atoms with Crippen molar-refractivity contribution < 1.29 is 9.59 Å². The molecule has 0 aliphatic carbocycles. The molecule has 1 saturated heterocycles. The number of amides is 3. The summed E-state index contributed by atoms with van der Waals surface area (Å²) in [5.74, 6) is 0.490. The molecule has 1 aliphatic rings. The van der Waals surface area contributed by atoms with Crippen LogP contribution in [-0.4, -0.2) is 43.0 Å². The fraction of sp³-hybridized carbons (Fsp3) is 0.867. The minimum atomic E-state index is -0.403. The van der Waals surface area contributed by atoms with Gasteiger partial charge in [0.25, 0.3) is 0 Å². The molecule has 0 saturated carbocycles. The Morgan fingerprint density at radius 3 is 2.50 bits per heavy atom. The maximum atomic E-state index is 11.8. The molecule has 1 heterocycles. The topological polar surface area (TPSA) is 61.4 Å². The predicted octanol–water partition coefficient (Wildman–Crippen LogP) is 1.98. The second-order valence-corrected chi connectivity index (χ2v) is 6.68. The number of carbonyl (C=O) groups excluding carboxylic acids is 2. The second kappa shape index (κ2) is 7.62.